The van der Waals surface area contributed by atoms with Crippen molar-refractivity contribution in [3.05, 3.63) is 29.8 Å². The molecule has 0 saturated carbocycles. The van der Waals surface area contributed by atoms with Crippen molar-refractivity contribution in [2.45, 2.75) is 26.2 Å². The fraction of sp³-hybridized carbons (Fsp3) is 0.562. The van der Waals surface area contributed by atoms with Crippen molar-refractivity contribution in [3.8, 4) is 0 Å². The van der Waals surface area contributed by atoms with Gasteiger partial charge in [-0.1, -0.05) is 32.0 Å². The maximum absolute atomic E-state index is 12.2. The predicted molar refractivity (Wildman–Crippen MR) is 92.1 cm³/mol. The summed E-state index contributed by atoms with van der Waals surface area (Å²) in [5, 5.41) is 2.81. The second kappa shape index (κ2) is 9.00. The van der Waals surface area contributed by atoms with E-state index in [2.05, 4.69) is 5.32 Å². The molecule has 0 aliphatic carbocycles. The number of amides is 1. The summed E-state index contributed by atoms with van der Waals surface area (Å²) in [6.07, 6.45) is 1.65. The van der Waals surface area contributed by atoms with Crippen LogP contribution in [0.15, 0.2) is 24.3 Å². The molecule has 1 amide bonds. The molecule has 6 nitrogen and oxygen atoms in total. The monoisotopic (exact) mass is 342 g/mol. The van der Waals surface area contributed by atoms with Crippen LogP contribution in [0.25, 0.3) is 0 Å². The van der Waals surface area contributed by atoms with Gasteiger partial charge in [-0.25, -0.2) is 8.42 Å². The third kappa shape index (κ3) is 6.68. The van der Waals surface area contributed by atoms with Crippen molar-refractivity contribution < 1.29 is 17.9 Å². The number of carbonyl (C=O) groups is 1. The van der Waals surface area contributed by atoms with Crippen LogP contribution in [0.4, 0.5) is 5.69 Å². The van der Waals surface area contributed by atoms with Gasteiger partial charge >= 0.3 is 0 Å². The van der Waals surface area contributed by atoms with Crippen molar-refractivity contribution in [2.24, 2.45) is 0 Å². The van der Waals surface area contributed by atoms with E-state index in [-0.39, 0.29) is 24.9 Å². The van der Waals surface area contributed by atoms with Gasteiger partial charge in [0.1, 0.15) is 0 Å². The van der Waals surface area contributed by atoms with Gasteiger partial charge in [0.25, 0.3) is 0 Å². The van der Waals surface area contributed by atoms with Crippen LogP contribution in [-0.4, -0.2) is 51.7 Å². The van der Waals surface area contributed by atoms with Crippen molar-refractivity contribution >= 4 is 21.6 Å². The maximum Gasteiger partial charge on any atom is 0.239 e. The van der Waals surface area contributed by atoms with E-state index in [9.17, 15) is 13.2 Å². The summed E-state index contributed by atoms with van der Waals surface area (Å²) in [6.45, 7) is 4.59. The molecule has 0 aromatic heterocycles. The molecule has 0 spiro atoms. The minimum atomic E-state index is -3.44. The number of benzene rings is 1. The van der Waals surface area contributed by atoms with Crippen molar-refractivity contribution in [2.75, 3.05) is 38.4 Å². The van der Waals surface area contributed by atoms with Crippen LogP contribution in [0, 0.1) is 0 Å². The minimum absolute atomic E-state index is 0.199. The molecule has 1 rings (SSSR count). The van der Waals surface area contributed by atoms with Gasteiger partial charge in [0.15, 0.2) is 0 Å². The van der Waals surface area contributed by atoms with Crippen molar-refractivity contribution in [1.29, 1.82) is 0 Å². The lowest BCUT2D eigenvalue weighted by atomic mass is 10.0. The zero-order valence-electron chi connectivity index (χ0n) is 14.2. The molecule has 1 aromatic rings. The molecule has 0 fully saturated rings. The Hall–Kier alpha value is -1.44. The first kappa shape index (κ1) is 19.6. The first-order valence-electron chi connectivity index (χ1n) is 7.58. The highest BCUT2D eigenvalue weighted by Gasteiger charge is 2.20. The third-order valence-electron chi connectivity index (χ3n) is 3.40. The molecule has 0 unspecified atom stereocenters. The summed E-state index contributed by atoms with van der Waals surface area (Å²) in [5.41, 5.74) is 1.74. The average molecular weight is 342 g/mol. The molecule has 0 bridgehead atoms. The highest BCUT2D eigenvalue weighted by molar-refractivity contribution is 7.88. The summed E-state index contributed by atoms with van der Waals surface area (Å²) in [5.74, 6) is -0.0832. The number of hydrogen-bond donors (Lipinski definition) is 1. The Labute approximate surface area is 138 Å². The topological polar surface area (TPSA) is 75.7 Å². The number of anilines is 1. The summed E-state index contributed by atoms with van der Waals surface area (Å²) in [6, 6.07) is 7.53. The smallest absolute Gasteiger partial charge is 0.239 e. The Morgan fingerprint density at radius 3 is 2.52 bits per heavy atom. The summed E-state index contributed by atoms with van der Waals surface area (Å²) >= 11 is 0. The van der Waals surface area contributed by atoms with Crippen LogP contribution < -0.4 is 5.32 Å². The lowest BCUT2D eigenvalue weighted by Crippen LogP contribution is -2.38. The second-order valence-corrected chi connectivity index (χ2v) is 7.72. The highest BCUT2D eigenvalue weighted by atomic mass is 32.2. The van der Waals surface area contributed by atoms with Crippen LogP contribution in [0.1, 0.15) is 31.7 Å². The predicted octanol–water partition coefficient (Wildman–Crippen LogP) is 2.05. The molecule has 0 saturated heterocycles. The quantitative estimate of drug-likeness (QED) is 0.697. The van der Waals surface area contributed by atoms with Crippen molar-refractivity contribution in [1.82, 2.24) is 4.31 Å². The summed E-state index contributed by atoms with van der Waals surface area (Å²) < 4.78 is 29.7. The number of carbonyl (C=O) groups excluding carboxylic acids is 1. The third-order valence-corrected chi connectivity index (χ3v) is 4.65. The number of hydrogen-bond acceptors (Lipinski definition) is 4. The van der Waals surface area contributed by atoms with Crippen LogP contribution in [0.5, 0.6) is 0 Å². The molecule has 1 aromatic carbocycles. The van der Waals surface area contributed by atoms with Gasteiger partial charge in [0.2, 0.25) is 15.9 Å². The number of rotatable bonds is 9. The molecule has 0 radical (unpaired) electrons. The van der Waals surface area contributed by atoms with E-state index in [1.807, 2.05) is 38.1 Å². The number of ether oxygens (including phenoxy) is 1. The summed E-state index contributed by atoms with van der Waals surface area (Å²) in [4.78, 5) is 12.2. The largest absolute Gasteiger partial charge is 0.385 e. The average Bonchev–Trinajstić information content (AvgIpc) is 2.45. The number of nitrogens with one attached hydrogen (secondary N) is 1. The fourth-order valence-electron chi connectivity index (χ4n) is 2.21. The zero-order valence-corrected chi connectivity index (χ0v) is 15.0. The molecule has 1 N–H and O–H groups in total. The van der Waals surface area contributed by atoms with E-state index in [1.165, 1.54) is 4.31 Å². The van der Waals surface area contributed by atoms with Gasteiger partial charge in [0, 0.05) is 25.9 Å². The Morgan fingerprint density at radius 2 is 1.96 bits per heavy atom. The molecule has 130 valence electrons. The second-order valence-electron chi connectivity index (χ2n) is 5.73. The lowest BCUT2D eigenvalue weighted by Gasteiger charge is -2.20. The molecular weight excluding hydrogens is 316 g/mol. The van der Waals surface area contributed by atoms with Crippen LogP contribution in [-0.2, 0) is 19.6 Å². The van der Waals surface area contributed by atoms with E-state index in [0.29, 0.717) is 13.0 Å². The Bertz CT molecular complexity index is 614. The van der Waals surface area contributed by atoms with E-state index >= 15 is 0 Å². The number of nitrogens with zero attached hydrogens (tertiary/aromatic N) is 1. The summed E-state index contributed by atoms with van der Waals surface area (Å²) in [7, 11) is -1.89. The van der Waals surface area contributed by atoms with Gasteiger partial charge < -0.3 is 10.1 Å². The van der Waals surface area contributed by atoms with Gasteiger partial charge in [0.05, 0.1) is 12.8 Å². The maximum atomic E-state index is 12.2. The normalized spacial score (nSPS) is 11.9. The minimum Gasteiger partial charge on any atom is -0.385 e. The number of sulfonamides is 1. The van der Waals surface area contributed by atoms with Crippen LogP contribution in [0.2, 0.25) is 0 Å². The van der Waals surface area contributed by atoms with Gasteiger partial charge in [-0.05, 0) is 24.0 Å². The lowest BCUT2D eigenvalue weighted by molar-refractivity contribution is -0.116. The molecule has 0 atom stereocenters. The first-order valence-corrected chi connectivity index (χ1v) is 9.43. The van der Waals surface area contributed by atoms with E-state index < -0.39 is 10.0 Å². The standard InChI is InChI=1S/C16H26N2O4S/c1-13(2)14-8-5-6-9-15(14)17-16(19)12-18(23(4,20)21)10-7-11-22-3/h5-6,8-9,13H,7,10-12H2,1-4H3,(H,17,19). The first-order chi connectivity index (χ1) is 10.8. The molecule has 0 aliphatic rings. The molecule has 0 heterocycles. The SMILES string of the molecule is COCCCN(CC(=O)Nc1ccccc1C(C)C)S(C)(=O)=O. The van der Waals surface area contributed by atoms with Crippen LogP contribution in [0.3, 0.4) is 0 Å². The molecule has 7 heteroatoms. The van der Waals surface area contributed by atoms with Crippen LogP contribution >= 0.6 is 0 Å². The van der Waals surface area contributed by atoms with E-state index in [1.54, 1.807) is 7.11 Å². The number of methoxy groups -OCH3 is 1. The number of para-hydroxylation sites is 1. The Balaban J connectivity index is 2.76. The fourth-order valence-corrected chi connectivity index (χ4v) is 3.02. The molecule has 0 aliphatic heterocycles. The van der Waals surface area contributed by atoms with E-state index in [0.717, 1.165) is 17.5 Å². The van der Waals surface area contributed by atoms with Gasteiger partial charge in [-0.15, -0.1) is 0 Å². The van der Waals surface area contributed by atoms with Crippen molar-refractivity contribution in [3.63, 3.8) is 0 Å². The van der Waals surface area contributed by atoms with E-state index in [4.69, 9.17) is 4.74 Å². The van der Waals surface area contributed by atoms with Gasteiger partial charge in [-0.2, -0.15) is 4.31 Å². The molecular formula is C16H26N2O4S. The van der Waals surface area contributed by atoms with Gasteiger partial charge in [-0.3, -0.25) is 4.79 Å². The Kier molecular flexibility index (Phi) is 7.67. The highest BCUT2D eigenvalue weighted by Crippen LogP contribution is 2.23. The zero-order chi connectivity index (χ0) is 17.5. The molecule has 23 heavy (non-hydrogen) atoms. The Morgan fingerprint density at radius 1 is 1.30 bits per heavy atom.